The number of rotatable bonds is 4. The molecule has 2 atom stereocenters. The van der Waals surface area contributed by atoms with E-state index in [4.69, 9.17) is 0 Å². The summed E-state index contributed by atoms with van der Waals surface area (Å²) in [6.45, 7) is 5.43. The zero-order valence-electron chi connectivity index (χ0n) is 13.1. The number of phenols is 1. The predicted octanol–water partition coefficient (Wildman–Crippen LogP) is 2.80. The minimum atomic E-state index is 0.333. The lowest BCUT2D eigenvalue weighted by Gasteiger charge is -2.40. The van der Waals surface area contributed by atoms with E-state index in [0.29, 0.717) is 17.8 Å². The van der Waals surface area contributed by atoms with E-state index in [1.165, 1.54) is 11.1 Å². The molecule has 3 heteroatoms. The van der Waals surface area contributed by atoms with Gasteiger partial charge in [-0.1, -0.05) is 42.5 Å². The molecule has 1 aliphatic rings. The molecule has 1 unspecified atom stereocenters. The number of aromatic hydroxyl groups is 1. The first-order valence-corrected chi connectivity index (χ1v) is 8.01. The molecule has 0 saturated carbocycles. The molecule has 1 aliphatic heterocycles. The first-order valence-electron chi connectivity index (χ1n) is 8.01. The fourth-order valence-electron chi connectivity index (χ4n) is 3.19. The van der Waals surface area contributed by atoms with Crippen LogP contribution in [0, 0.1) is 0 Å². The van der Waals surface area contributed by atoms with Crippen LogP contribution in [0.3, 0.4) is 0 Å². The molecule has 2 aromatic rings. The summed E-state index contributed by atoms with van der Waals surface area (Å²) in [5, 5.41) is 13.0. The lowest BCUT2D eigenvalue weighted by atomic mass is 9.96. The topological polar surface area (TPSA) is 35.5 Å². The Kier molecular flexibility index (Phi) is 4.76. The fraction of sp³-hybridized carbons (Fsp3) is 0.368. The van der Waals surface area contributed by atoms with Gasteiger partial charge in [-0.2, -0.15) is 0 Å². The molecule has 22 heavy (non-hydrogen) atoms. The third-order valence-electron chi connectivity index (χ3n) is 4.58. The first-order chi connectivity index (χ1) is 10.7. The largest absolute Gasteiger partial charge is 0.508 e. The van der Waals surface area contributed by atoms with E-state index < -0.39 is 0 Å². The number of piperazine rings is 1. The molecule has 0 amide bonds. The van der Waals surface area contributed by atoms with Crippen molar-refractivity contribution in [3.05, 3.63) is 65.7 Å². The van der Waals surface area contributed by atoms with Gasteiger partial charge in [0.1, 0.15) is 5.75 Å². The van der Waals surface area contributed by atoms with Crippen LogP contribution in [0.5, 0.6) is 5.75 Å². The van der Waals surface area contributed by atoms with Crippen molar-refractivity contribution >= 4 is 0 Å². The van der Waals surface area contributed by atoms with Gasteiger partial charge in [-0.05, 0) is 36.6 Å². The molecule has 2 N–H and O–H groups in total. The Bertz CT molecular complexity index is 582. The van der Waals surface area contributed by atoms with Crippen LogP contribution < -0.4 is 5.32 Å². The smallest absolute Gasteiger partial charge is 0.115 e. The number of hydrogen-bond acceptors (Lipinski definition) is 3. The van der Waals surface area contributed by atoms with E-state index >= 15 is 0 Å². The van der Waals surface area contributed by atoms with Crippen molar-refractivity contribution < 1.29 is 5.11 Å². The SMILES string of the molecule is CC1[C@@H](Cc2ccc(O)cc2)NCCN1Cc1ccccc1. The van der Waals surface area contributed by atoms with Gasteiger partial charge in [-0.25, -0.2) is 0 Å². The maximum Gasteiger partial charge on any atom is 0.115 e. The highest BCUT2D eigenvalue weighted by atomic mass is 16.3. The van der Waals surface area contributed by atoms with Crippen molar-refractivity contribution in [2.75, 3.05) is 13.1 Å². The molecule has 116 valence electrons. The van der Waals surface area contributed by atoms with Crippen LogP contribution in [0.1, 0.15) is 18.1 Å². The second-order valence-electron chi connectivity index (χ2n) is 6.13. The summed E-state index contributed by atoms with van der Waals surface area (Å²) in [5.74, 6) is 0.333. The average molecular weight is 296 g/mol. The molecule has 3 nitrogen and oxygen atoms in total. The number of benzene rings is 2. The Morgan fingerprint density at radius 3 is 2.50 bits per heavy atom. The van der Waals surface area contributed by atoms with Gasteiger partial charge < -0.3 is 10.4 Å². The van der Waals surface area contributed by atoms with Gasteiger partial charge >= 0.3 is 0 Å². The zero-order valence-corrected chi connectivity index (χ0v) is 13.1. The third kappa shape index (κ3) is 3.67. The molecule has 1 heterocycles. The predicted molar refractivity (Wildman–Crippen MR) is 89.9 cm³/mol. The number of nitrogens with one attached hydrogen (secondary N) is 1. The van der Waals surface area contributed by atoms with Gasteiger partial charge in [-0.3, -0.25) is 4.90 Å². The molecular weight excluding hydrogens is 272 g/mol. The lowest BCUT2D eigenvalue weighted by Crippen LogP contribution is -2.56. The van der Waals surface area contributed by atoms with Crippen LogP contribution in [0.2, 0.25) is 0 Å². The Balaban J connectivity index is 1.64. The maximum atomic E-state index is 9.40. The summed E-state index contributed by atoms with van der Waals surface area (Å²) in [7, 11) is 0. The molecule has 0 aliphatic carbocycles. The van der Waals surface area contributed by atoms with Crippen molar-refractivity contribution in [2.45, 2.75) is 32.0 Å². The Morgan fingerprint density at radius 1 is 1.05 bits per heavy atom. The molecule has 1 fully saturated rings. The van der Waals surface area contributed by atoms with E-state index in [2.05, 4.69) is 47.5 Å². The van der Waals surface area contributed by atoms with Crippen molar-refractivity contribution in [3.63, 3.8) is 0 Å². The van der Waals surface area contributed by atoms with Crippen molar-refractivity contribution in [3.8, 4) is 5.75 Å². The molecule has 2 aromatic carbocycles. The van der Waals surface area contributed by atoms with E-state index in [1.54, 1.807) is 12.1 Å². The monoisotopic (exact) mass is 296 g/mol. The zero-order chi connectivity index (χ0) is 15.4. The fourth-order valence-corrected chi connectivity index (χ4v) is 3.19. The van der Waals surface area contributed by atoms with Crippen LogP contribution in [0.4, 0.5) is 0 Å². The van der Waals surface area contributed by atoms with Crippen LogP contribution >= 0.6 is 0 Å². The normalized spacial score (nSPS) is 22.6. The average Bonchev–Trinajstić information content (AvgIpc) is 2.54. The van der Waals surface area contributed by atoms with Gasteiger partial charge in [0.25, 0.3) is 0 Å². The summed E-state index contributed by atoms with van der Waals surface area (Å²) in [4.78, 5) is 2.55. The minimum absolute atomic E-state index is 0.333. The summed E-state index contributed by atoms with van der Waals surface area (Å²) in [6.07, 6.45) is 0.993. The van der Waals surface area contributed by atoms with E-state index in [1.807, 2.05) is 12.1 Å². The highest BCUT2D eigenvalue weighted by Crippen LogP contribution is 2.18. The Hall–Kier alpha value is -1.84. The molecular formula is C19H24N2O. The number of hydrogen-bond donors (Lipinski definition) is 2. The summed E-state index contributed by atoms with van der Waals surface area (Å²) >= 11 is 0. The highest BCUT2D eigenvalue weighted by Gasteiger charge is 2.27. The Labute approximate surface area is 132 Å². The van der Waals surface area contributed by atoms with Crippen LogP contribution in [0.25, 0.3) is 0 Å². The van der Waals surface area contributed by atoms with Crippen molar-refractivity contribution in [1.29, 1.82) is 0 Å². The quantitative estimate of drug-likeness (QED) is 0.910. The second kappa shape index (κ2) is 6.95. The molecule has 0 spiro atoms. The molecule has 0 aromatic heterocycles. The Morgan fingerprint density at radius 2 is 1.77 bits per heavy atom. The van der Waals surface area contributed by atoms with Gasteiger partial charge in [0, 0.05) is 31.7 Å². The van der Waals surface area contributed by atoms with Gasteiger partial charge in [0.2, 0.25) is 0 Å². The van der Waals surface area contributed by atoms with Crippen LogP contribution in [-0.4, -0.2) is 35.2 Å². The number of nitrogens with zero attached hydrogens (tertiary/aromatic N) is 1. The lowest BCUT2D eigenvalue weighted by molar-refractivity contribution is 0.123. The molecule has 1 saturated heterocycles. The molecule has 0 bridgehead atoms. The van der Waals surface area contributed by atoms with Crippen LogP contribution in [0.15, 0.2) is 54.6 Å². The molecule has 3 rings (SSSR count). The highest BCUT2D eigenvalue weighted by molar-refractivity contribution is 5.26. The van der Waals surface area contributed by atoms with E-state index in [-0.39, 0.29) is 0 Å². The van der Waals surface area contributed by atoms with E-state index in [0.717, 1.165) is 26.1 Å². The van der Waals surface area contributed by atoms with Crippen LogP contribution in [-0.2, 0) is 13.0 Å². The number of phenolic OH excluding ortho intramolecular Hbond substituents is 1. The molecule has 0 radical (unpaired) electrons. The maximum absolute atomic E-state index is 9.40. The minimum Gasteiger partial charge on any atom is -0.508 e. The summed E-state index contributed by atoms with van der Waals surface area (Å²) < 4.78 is 0. The van der Waals surface area contributed by atoms with E-state index in [9.17, 15) is 5.11 Å². The van der Waals surface area contributed by atoms with Gasteiger partial charge in [0.15, 0.2) is 0 Å². The second-order valence-corrected chi connectivity index (χ2v) is 6.13. The third-order valence-corrected chi connectivity index (χ3v) is 4.58. The standard InChI is InChI=1S/C19H24N2O/c1-15-19(13-16-7-9-18(22)10-8-16)20-11-12-21(15)14-17-5-3-2-4-6-17/h2-10,15,19-20,22H,11-14H2,1H3/t15?,19-/m1/s1. The first kappa shape index (κ1) is 15.1. The van der Waals surface area contributed by atoms with Crippen molar-refractivity contribution in [1.82, 2.24) is 10.2 Å². The van der Waals surface area contributed by atoms with Gasteiger partial charge in [0.05, 0.1) is 0 Å². The summed E-state index contributed by atoms with van der Waals surface area (Å²) in [6, 6.07) is 19.2. The van der Waals surface area contributed by atoms with Gasteiger partial charge in [-0.15, -0.1) is 0 Å². The van der Waals surface area contributed by atoms with Crippen molar-refractivity contribution in [2.24, 2.45) is 0 Å². The summed E-state index contributed by atoms with van der Waals surface area (Å²) in [5.41, 5.74) is 2.64.